The first-order valence-electron chi connectivity index (χ1n) is 7.75. The Hall–Kier alpha value is -2.18. The molecule has 0 spiro atoms. The number of methoxy groups -OCH3 is 1. The minimum absolute atomic E-state index is 0.313. The molecule has 1 fully saturated rings. The molecule has 2 aromatic carbocycles. The molecule has 0 aromatic heterocycles. The van der Waals surface area contributed by atoms with Crippen molar-refractivity contribution < 1.29 is 4.74 Å². The summed E-state index contributed by atoms with van der Waals surface area (Å²) in [5.74, 6) is 0.879. The minimum atomic E-state index is 0.313. The van der Waals surface area contributed by atoms with Gasteiger partial charge in [0, 0.05) is 12.2 Å². The van der Waals surface area contributed by atoms with Crippen LogP contribution in [0.5, 0.6) is 5.75 Å². The van der Waals surface area contributed by atoms with Crippen molar-refractivity contribution in [3.63, 3.8) is 0 Å². The van der Waals surface area contributed by atoms with Gasteiger partial charge in [0.25, 0.3) is 0 Å². The molecule has 1 unspecified atom stereocenters. The maximum Gasteiger partial charge on any atom is 0.119 e. The average molecular weight is 327 g/mol. The topological polar surface area (TPSA) is 36.3 Å². The highest BCUT2D eigenvalue weighted by molar-refractivity contribution is 6.32. The molecule has 0 radical (unpaired) electrons. The van der Waals surface area contributed by atoms with E-state index in [1.807, 2.05) is 31.2 Å². The summed E-state index contributed by atoms with van der Waals surface area (Å²) in [6.45, 7) is 2.98. The third-order valence-corrected chi connectivity index (χ3v) is 5.01. The van der Waals surface area contributed by atoms with Crippen molar-refractivity contribution in [2.24, 2.45) is 0 Å². The highest BCUT2D eigenvalue weighted by Crippen LogP contribution is 2.40. The van der Waals surface area contributed by atoms with E-state index >= 15 is 0 Å². The van der Waals surface area contributed by atoms with Crippen LogP contribution in [0.4, 0.5) is 5.69 Å². The van der Waals surface area contributed by atoms with E-state index in [0.717, 1.165) is 36.4 Å². The van der Waals surface area contributed by atoms with Gasteiger partial charge in [0.15, 0.2) is 0 Å². The molecule has 23 heavy (non-hydrogen) atoms. The maximum absolute atomic E-state index is 9.12. The third-order valence-electron chi connectivity index (χ3n) is 4.52. The molecule has 1 atom stereocenters. The molecular weight excluding hydrogens is 308 g/mol. The predicted octanol–water partition coefficient (Wildman–Crippen LogP) is 4.87. The van der Waals surface area contributed by atoms with Gasteiger partial charge >= 0.3 is 0 Å². The van der Waals surface area contributed by atoms with Crippen LogP contribution in [0.3, 0.4) is 0 Å². The van der Waals surface area contributed by atoms with E-state index in [2.05, 4.69) is 23.1 Å². The highest BCUT2D eigenvalue weighted by atomic mass is 35.5. The second-order valence-corrected chi connectivity index (χ2v) is 6.19. The number of benzene rings is 2. The van der Waals surface area contributed by atoms with Gasteiger partial charge in [-0.15, -0.1) is 0 Å². The fourth-order valence-electron chi connectivity index (χ4n) is 3.32. The summed E-state index contributed by atoms with van der Waals surface area (Å²) in [6.07, 6.45) is 2.24. The van der Waals surface area contributed by atoms with Crippen LogP contribution >= 0.6 is 11.6 Å². The minimum Gasteiger partial charge on any atom is -0.497 e. The van der Waals surface area contributed by atoms with E-state index in [9.17, 15) is 0 Å². The van der Waals surface area contributed by atoms with Gasteiger partial charge in [-0.05, 0) is 55.2 Å². The Morgan fingerprint density at radius 2 is 2.13 bits per heavy atom. The number of hydrogen-bond donors (Lipinski definition) is 0. The van der Waals surface area contributed by atoms with Gasteiger partial charge in [-0.1, -0.05) is 23.7 Å². The summed E-state index contributed by atoms with van der Waals surface area (Å²) in [7, 11) is 1.69. The Morgan fingerprint density at radius 1 is 1.30 bits per heavy atom. The van der Waals surface area contributed by atoms with E-state index in [0.29, 0.717) is 16.6 Å². The van der Waals surface area contributed by atoms with Crippen LogP contribution in [0.25, 0.3) is 0 Å². The number of hydrogen-bond acceptors (Lipinski definition) is 3. The van der Waals surface area contributed by atoms with Crippen LogP contribution in [0, 0.1) is 18.3 Å². The number of nitrogens with zero attached hydrogens (tertiary/aromatic N) is 2. The third kappa shape index (κ3) is 2.87. The lowest BCUT2D eigenvalue weighted by atomic mass is 10.0. The predicted molar refractivity (Wildman–Crippen MR) is 93.2 cm³/mol. The van der Waals surface area contributed by atoms with E-state index in [1.54, 1.807) is 7.11 Å². The lowest BCUT2D eigenvalue weighted by Gasteiger charge is -2.29. The Balaban J connectivity index is 1.99. The highest BCUT2D eigenvalue weighted by Gasteiger charge is 2.28. The van der Waals surface area contributed by atoms with Gasteiger partial charge in [0.1, 0.15) is 11.8 Å². The molecular formula is C19H19ClN2O. The summed E-state index contributed by atoms with van der Waals surface area (Å²) in [5.41, 5.74) is 3.87. The van der Waals surface area contributed by atoms with Crippen molar-refractivity contribution in [3.8, 4) is 11.8 Å². The quantitative estimate of drug-likeness (QED) is 0.807. The van der Waals surface area contributed by atoms with Gasteiger partial charge in [0.05, 0.1) is 23.7 Å². The fourth-order valence-corrected chi connectivity index (χ4v) is 3.52. The van der Waals surface area contributed by atoms with Crippen molar-refractivity contribution in [1.29, 1.82) is 5.26 Å². The first kappa shape index (κ1) is 15.7. The monoisotopic (exact) mass is 326 g/mol. The number of ether oxygens (including phenoxy) is 1. The van der Waals surface area contributed by atoms with Crippen molar-refractivity contribution in [2.75, 3.05) is 18.6 Å². The normalized spacial score (nSPS) is 17.1. The number of rotatable bonds is 3. The molecule has 1 saturated heterocycles. The molecule has 0 saturated carbocycles. The number of anilines is 1. The first-order valence-corrected chi connectivity index (χ1v) is 8.13. The largest absolute Gasteiger partial charge is 0.497 e. The van der Waals surface area contributed by atoms with Gasteiger partial charge in [0.2, 0.25) is 0 Å². The van der Waals surface area contributed by atoms with Crippen molar-refractivity contribution in [3.05, 3.63) is 58.1 Å². The Morgan fingerprint density at radius 3 is 2.87 bits per heavy atom. The molecule has 1 heterocycles. The standard InChI is InChI=1S/C19H19ClN2O/c1-13-17(9-8-15(12-21)19(13)20)22-10-4-7-18(22)14-5-3-6-16(11-14)23-2/h3,5-6,8-9,11,18H,4,7,10H2,1-2H3. The summed E-state index contributed by atoms with van der Waals surface area (Å²) >= 11 is 6.35. The van der Waals surface area contributed by atoms with Crippen LogP contribution in [0.15, 0.2) is 36.4 Å². The van der Waals surface area contributed by atoms with E-state index in [1.165, 1.54) is 5.56 Å². The SMILES string of the molecule is COc1cccc(C2CCCN2c2ccc(C#N)c(Cl)c2C)c1. The fraction of sp³-hybridized carbons (Fsp3) is 0.316. The Labute approximate surface area is 142 Å². The zero-order chi connectivity index (χ0) is 16.4. The lowest BCUT2D eigenvalue weighted by Crippen LogP contribution is -2.23. The first-order chi connectivity index (χ1) is 11.2. The molecule has 3 rings (SSSR count). The van der Waals surface area contributed by atoms with Gasteiger partial charge in [-0.3, -0.25) is 0 Å². The second kappa shape index (κ2) is 6.52. The molecule has 0 amide bonds. The summed E-state index contributed by atoms with van der Waals surface area (Å²) in [5, 5.41) is 9.68. The number of nitriles is 1. The number of halogens is 1. The van der Waals surface area contributed by atoms with Gasteiger partial charge in [-0.2, -0.15) is 5.26 Å². The van der Waals surface area contributed by atoms with Crippen LogP contribution in [0.1, 0.15) is 35.6 Å². The van der Waals surface area contributed by atoms with Crippen LogP contribution < -0.4 is 9.64 Å². The van der Waals surface area contributed by atoms with E-state index in [4.69, 9.17) is 21.6 Å². The molecule has 2 aromatic rings. The van der Waals surface area contributed by atoms with Gasteiger partial charge < -0.3 is 9.64 Å². The molecule has 0 bridgehead atoms. The van der Waals surface area contributed by atoms with Crippen LogP contribution in [0.2, 0.25) is 5.02 Å². The van der Waals surface area contributed by atoms with Crippen molar-refractivity contribution in [2.45, 2.75) is 25.8 Å². The van der Waals surface area contributed by atoms with Crippen LogP contribution in [-0.4, -0.2) is 13.7 Å². The van der Waals surface area contributed by atoms with Crippen molar-refractivity contribution in [1.82, 2.24) is 0 Å². The summed E-state index contributed by atoms with van der Waals surface area (Å²) < 4.78 is 5.35. The molecule has 1 aliphatic heterocycles. The van der Waals surface area contributed by atoms with E-state index < -0.39 is 0 Å². The molecule has 0 aliphatic carbocycles. The molecule has 3 nitrogen and oxygen atoms in total. The molecule has 118 valence electrons. The zero-order valence-electron chi connectivity index (χ0n) is 13.3. The Bertz CT molecular complexity index is 766. The molecule has 1 aliphatic rings. The summed E-state index contributed by atoms with van der Waals surface area (Å²) in [4.78, 5) is 2.39. The molecule has 0 N–H and O–H groups in total. The summed E-state index contributed by atoms with van der Waals surface area (Å²) in [6, 6.07) is 14.5. The second-order valence-electron chi connectivity index (χ2n) is 5.81. The maximum atomic E-state index is 9.12. The lowest BCUT2D eigenvalue weighted by molar-refractivity contribution is 0.414. The van der Waals surface area contributed by atoms with E-state index in [-0.39, 0.29) is 0 Å². The smallest absolute Gasteiger partial charge is 0.119 e. The van der Waals surface area contributed by atoms with Gasteiger partial charge in [-0.25, -0.2) is 0 Å². The average Bonchev–Trinajstić information content (AvgIpc) is 3.06. The molecule has 4 heteroatoms. The zero-order valence-corrected chi connectivity index (χ0v) is 14.1. The van der Waals surface area contributed by atoms with Crippen LogP contribution in [-0.2, 0) is 0 Å². The Kier molecular flexibility index (Phi) is 4.45. The van der Waals surface area contributed by atoms with Crippen molar-refractivity contribution >= 4 is 17.3 Å².